The van der Waals surface area contributed by atoms with Crippen molar-refractivity contribution < 1.29 is 0 Å². The molecule has 0 fully saturated rings. The fourth-order valence-corrected chi connectivity index (χ4v) is 4.24. The summed E-state index contributed by atoms with van der Waals surface area (Å²) in [5.41, 5.74) is 5.98. The van der Waals surface area contributed by atoms with Crippen molar-refractivity contribution >= 4 is 0 Å². The fraction of sp³-hybridized carbons (Fsp3) is 0.370. The third-order valence-electron chi connectivity index (χ3n) is 6.24. The van der Waals surface area contributed by atoms with Crippen molar-refractivity contribution in [1.82, 2.24) is 30.2 Å². The molecule has 7 nitrogen and oxygen atoms in total. The van der Waals surface area contributed by atoms with E-state index in [0.717, 1.165) is 77.9 Å². The van der Waals surface area contributed by atoms with Crippen LogP contribution < -0.4 is 5.56 Å². The minimum atomic E-state index is 0.0822. The summed E-state index contributed by atoms with van der Waals surface area (Å²) < 4.78 is 1.75. The molecule has 1 N–H and O–H groups in total. The molecule has 2 aromatic heterocycles. The van der Waals surface area contributed by atoms with E-state index < -0.39 is 0 Å². The molecular formula is C27H32N6O. The number of hydrogen-bond acceptors (Lipinski definition) is 5. The number of aromatic nitrogens is 6. The molecule has 176 valence electrons. The molecule has 2 heterocycles. The van der Waals surface area contributed by atoms with E-state index in [9.17, 15) is 4.79 Å². The number of hydrogen-bond donors (Lipinski definition) is 1. The van der Waals surface area contributed by atoms with Crippen molar-refractivity contribution in [2.45, 2.75) is 58.8 Å². The summed E-state index contributed by atoms with van der Waals surface area (Å²) >= 11 is 0. The molecule has 4 rings (SSSR count). The lowest BCUT2D eigenvalue weighted by Crippen LogP contribution is -2.28. The van der Waals surface area contributed by atoms with Gasteiger partial charge in [0.05, 0.1) is 5.69 Å². The van der Waals surface area contributed by atoms with Crippen LogP contribution in [0.1, 0.15) is 62.2 Å². The molecule has 0 aliphatic carbocycles. The standard InChI is InChI=1S/C27H32N6O/c1-4-6-12-24-23(27(34)33(3)25(28-24)13-7-5-2)18-19-14-16-20(17-15-19)21-10-8-9-11-22(21)26-29-31-32-30-26/h8-11,14-17H,4-7,12-13,18H2,1-3H3,(H,29,30,31,32). The molecule has 0 radical (unpaired) electrons. The van der Waals surface area contributed by atoms with Crippen LogP contribution in [0.25, 0.3) is 22.5 Å². The van der Waals surface area contributed by atoms with Gasteiger partial charge in [-0.25, -0.2) is 4.98 Å². The monoisotopic (exact) mass is 456 g/mol. The first-order valence-corrected chi connectivity index (χ1v) is 12.1. The van der Waals surface area contributed by atoms with Gasteiger partial charge in [0.1, 0.15) is 5.82 Å². The summed E-state index contributed by atoms with van der Waals surface area (Å²) in [6.45, 7) is 4.33. The fourth-order valence-electron chi connectivity index (χ4n) is 4.24. The smallest absolute Gasteiger partial charge is 0.257 e. The lowest BCUT2D eigenvalue weighted by atomic mass is 9.96. The molecule has 0 saturated carbocycles. The Balaban J connectivity index is 1.64. The molecule has 0 atom stereocenters. The highest BCUT2D eigenvalue weighted by Gasteiger charge is 2.16. The van der Waals surface area contributed by atoms with Crippen LogP contribution in [0, 0.1) is 0 Å². The Morgan fingerprint density at radius 3 is 2.29 bits per heavy atom. The maximum atomic E-state index is 13.3. The van der Waals surface area contributed by atoms with E-state index in [2.05, 4.69) is 64.8 Å². The highest BCUT2D eigenvalue weighted by molar-refractivity contribution is 5.80. The Bertz CT molecular complexity index is 1280. The quantitative estimate of drug-likeness (QED) is 0.366. The number of nitrogens with zero attached hydrogens (tertiary/aromatic N) is 5. The highest BCUT2D eigenvalue weighted by Crippen LogP contribution is 2.30. The summed E-state index contributed by atoms with van der Waals surface area (Å²) in [4.78, 5) is 18.3. The molecule has 7 heteroatoms. The second-order valence-corrected chi connectivity index (χ2v) is 8.68. The minimum Gasteiger partial charge on any atom is -0.300 e. The van der Waals surface area contributed by atoms with Crippen molar-refractivity contribution in [3.05, 3.63) is 81.5 Å². The van der Waals surface area contributed by atoms with Crippen LogP contribution in [-0.4, -0.2) is 30.2 Å². The van der Waals surface area contributed by atoms with Gasteiger partial charge in [-0.3, -0.25) is 9.36 Å². The van der Waals surface area contributed by atoms with Crippen LogP contribution in [0.2, 0.25) is 0 Å². The number of tetrazole rings is 1. The largest absolute Gasteiger partial charge is 0.300 e. The molecule has 0 aliphatic rings. The molecule has 0 unspecified atom stereocenters. The predicted octanol–water partition coefficient (Wildman–Crippen LogP) is 4.90. The number of aromatic amines is 1. The van der Waals surface area contributed by atoms with Crippen molar-refractivity contribution in [3.8, 4) is 22.5 Å². The van der Waals surface area contributed by atoms with Gasteiger partial charge in [-0.2, -0.15) is 5.21 Å². The second-order valence-electron chi connectivity index (χ2n) is 8.68. The summed E-state index contributed by atoms with van der Waals surface area (Å²) in [5, 5.41) is 14.5. The first-order valence-electron chi connectivity index (χ1n) is 12.1. The Morgan fingerprint density at radius 2 is 1.62 bits per heavy atom. The number of benzene rings is 2. The van der Waals surface area contributed by atoms with Gasteiger partial charge in [0, 0.05) is 31.0 Å². The van der Waals surface area contributed by atoms with Gasteiger partial charge in [0.2, 0.25) is 5.82 Å². The number of H-pyrrole nitrogens is 1. The molecule has 4 aromatic rings. The normalized spacial score (nSPS) is 11.1. The van der Waals surface area contributed by atoms with Crippen LogP contribution in [-0.2, 0) is 26.3 Å². The Hall–Kier alpha value is -3.61. The van der Waals surface area contributed by atoms with Gasteiger partial charge >= 0.3 is 0 Å². The molecule has 0 bridgehead atoms. The zero-order valence-corrected chi connectivity index (χ0v) is 20.2. The first kappa shape index (κ1) is 23.5. The van der Waals surface area contributed by atoms with Crippen molar-refractivity contribution in [3.63, 3.8) is 0 Å². The van der Waals surface area contributed by atoms with E-state index in [0.29, 0.717) is 12.2 Å². The molecule has 0 aliphatic heterocycles. The topological polar surface area (TPSA) is 89.4 Å². The Morgan fingerprint density at radius 1 is 0.912 bits per heavy atom. The maximum Gasteiger partial charge on any atom is 0.257 e. The van der Waals surface area contributed by atoms with Gasteiger partial charge in [0.15, 0.2) is 0 Å². The van der Waals surface area contributed by atoms with E-state index >= 15 is 0 Å². The Kier molecular flexibility index (Phi) is 7.62. The molecule has 34 heavy (non-hydrogen) atoms. The Labute approximate surface area is 200 Å². The maximum absolute atomic E-state index is 13.3. The molecular weight excluding hydrogens is 424 g/mol. The van der Waals surface area contributed by atoms with E-state index in [1.165, 1.54) is 0 Å². The van der Waals surface area contributed by atoms with Gasteiger partial charge < -0.3 is 0 Å². The zero-order valence-electron chi connectivity index (χ0n) is 20.2. The SMILES string of the molecule is CCCCc1nc(CCCC)n(C)c(=O)c1Cc1ccc(-c2ccccc2-c2nn[nH]n2)cc1. The zero-order chi connectivity index (χ0) is 23.9. The molecule has 0 saturated heterocycles. The van der Waals surface area contributed by atoms with E-state index in [1.807, 2.05) is 25.2 Å². The van der Waals surface area contributed by atoms with Crippen LogP contribution >= 0.6 is 0 Å². The summed E-state index contributed by atoms with van der Waals surface area (Å²) in [6.07, 6.45) is 6.51. The van der Waals surface area contributed by atoms with Gasteiger partial charge in [-0.15, -0.1) is 10.2 Å². The number of unbranched alkanes of at least 4 members (excludes halogenated alkanes) is 2. The summed E-state index contributed by atoms with van der Waals surface area (Å²) in [6, 6.07) is 16.4. The number of aryl methyl sites for hydroxylation is 2. The lowest BCUT2D eigenvalue weighted by Gasteiger charge is -2.15. The molecule has 2 aromatic carbocycles. The third kappa shape index (κ3) is 5.14. The summed E-state index contributed by atoms with van der Waals surface area (Å²) in [5.74, 6) is 1.47. The number of rotatable bonds is 10. The van der Waals surface area contributed by atoms with Gasteiger partial charge in [-0.05, 0) is 41.2 Å². The first-order chi connectivity index (χ1) is 16.6. The second kappa shape index (κ2) is 11.0. The number of nitrogens with one attached hydrogen (secondary N) is 1. The predicted molar refractivity (Wildman–Crippen MR) is 135 cm³/mol. The van der Waals surface area contributed by atoms with Crippen molar-refractivity contribution in [1.29, 1.82) is 0 Å². The van der Waals surface area contributed by atoms with Crippen LogP contribution in [0.15, 0.2) is 53.3 Å². The van der Waals surface area contributed by atoms with Crippen LogP contribution in [0.5, 0.6) is 0 Å². The van der Waals surface area contributed by atoms with Crippen LogP contribution in [0.3, 0.4) is 0 Å². The average Bonchev–Trinajstić information content (AvgIpc) is 3.41. The average molecular weight is 457 g/mol. The van der Waals surface area contributed by atoms with Crippen LogP contribution in [0.4, 0.5) is 0 Å². The van der Waals surface area contributed by atoms with E-state index in [1.54, 1.807) is 4.57 Å². The van der Waals surface area contributed by atoms with Gasteiger partial charge in [-0.1, -0.05) is 75.2 Å². The van der Waals surface area contributed by atoms with Gasteiger partial charge in [0.25, 0.3) is 5.56 Å². The lowest BCUT2D eigenvalue weighted by molar-refractivity contribution is 0.646. The highest BCUT2D eigenvalue weighted by atomic mass is 16.1. The minimum absolute atomic E-state index is 0.0822. The van der Waals surface area contributed by atoms with Crippen molar-refractivity contribution in [2.24, 2.45) is 7.05 Å². The third-order valence-corrected chi connectivity index (χ3v) is 6.24. The van der Waals surface area contributed by atoms with Crippen molar-refractivity contribution in [2.75, 3.05) is 0 Å². The summed E-state index contributed by atoms with van der Waals surface area (Å²) in [7, 11) is 1.85. The molecule has 0 amide bonds. The van der Waals surface area contributed by atoms with E-state index in [4.69, 9.17) is 4.98 Å². The molecule has 0 spiro atoms. The van der Waals surface area contributed by atoms with E-state index in [-0.39, 0.29) is 5.56 Å².